The number of nitrogens with two attached hydrogens (primary N) is 1. The molecule has 1 aromatic heterocycles. The van der Waals surface area contributed by atoms with E-state index in [1.54, 1.807) is 0 Å². The van der Waals surface area contributed by atoms with Gasteiger partial charge in [0.25, 0.3) is 0 Å². The number of anilines is 2. The van der Waals surface area contributed by atoms with Crippen molar-refractivity contribution >= 4 is 34.4 Å². The predicted octanol–water partition coefficient (Wildman–Crippen LogP) is 2.54. The fraction of sp³-hybridized carbons (Fsp3) is 0.0909. The lowest BCUT2D eigenvalue weighted by atomic mass is 10.2. The first kappa shape index (κ1) is 12.8. The quantitative estimate of drug-likeness (QED) is 0.648. The number of nitrogens with one attached hydrogen (secondary N) is 1. The highest BCUT2D eigenvalue weighted by molar-refractivity contribution is 14.1. The maximum atomic E-state index is 12.8. The summed E-state index contributed by atoms with van der Waals surface area (Å²) in [4.78, 5) is 7.37. The monoisotopic (exact) mass is 360 g/mol. The summed E-state index contributed by atoms with van der Waals surface area (Å²) < 4.78 is 21.2. The van der Waals surface area contributed by atoms with Crippen LogP contribution in [0.5, 0.6) is 6.01 Å². The van der Waals surface area contributed by atoms with Crippen molar-refractivity contribution in [3.8, 4) is 6.01 Å². The Morgan fingerprint density at radius 1 is 1.44 bits per heavy atom. The van der Waals surface area contributed by atoms with Crippen LogP contribution in [0, 0.1) is 5.82 Å². The Balaban J connectivity index is 2.04. The first-order chi connectivity index (χ1) is 8.69. The van der Waals surface area contributed by atoms with Gasteiger partial charge in [0, 0.05) is 5.69 Å². The van der Waals surface area contributed by atoms with Crippen molar-refractivity contribution in [2.75, 3.05) is 9.26 Å². The number of halogens is 2. The summed E-state index contributed by atoms with van der Waals surface area (Å²) in [6.45, 7) is 0.289. The molecule has 0 bridgehead atoms. The molecule has 1 aromatic carbocycles. The highest BCUT2D eigenvalue weighted by atomic mass is 127. The van der Waals surface area contributed by atoms with Gasteiger partial charge in [-0.1, -0.05) is 12.1 Å². The molecule has 2 aromatic rings. The van der Waals surface area contributed by atoms with Gasteiger partial charge in [0.05, 0.1) is 29.1 Å². The van der Waals surface area contributed by atoms with E-state index in [0.29, 0.717) is 0 Å². The number of aromatic nitrogens is 2. The van der Waals surface area contributed by atoms with Crippen molar-refractivity contribution in [2.45, 2.75) is 6.61 Å². The van der Waals surface area contributed by atoms with Gasteiger partial charge in [0.2, 0.25) is 0 Å². The molecule has 94 valence electrons. The van der Waals surface area contributed by atoms with E-state index in [4.69, 9.17) is 10.5 Å². The molecule has 0 fully saturated rings. The number of rotatable bonds is 4. The topological polar surface area (TPSA) is 73.1 Å². The van der Waals surface area contributed by atoms with Gasteiger partial charge in [0.15, 0.2) is 11.6 Å². The minimum atomic E-state index is -0.654. The van der Waals surface area contributed by atoms with Gasteiger partial charge in [-0.05, 0) is 17.7 Å². The Morgan fingerprint density at radius 2 is 2.28 bits per heavy atom. The predicted molar refractivity (Wildman–Crippen MR) is 74.8 cm³/mol. The molecule has 18 heavy (non-hydrogen) atoms. The van der Waals surface area contributed by atoms with E-state index in [2.05, 4.69) is 13.5 Å². The molecule has 0 saturated carbocycles. The van der Waals surface area contributed by atoms with Crippen LogP contribution in [-0.4, -0.2) is 9.97 Å². The third-order valence-corrected chi connectivity index (χ3v) is 2.78. The van der Waals surface area contributed by atoms with Crippen molar-refractivity contribution in [1.82, 2.24) is 9.97 Å². The van der Waals surface area contributed by atoms with Crippen LogP contribution in [0.4, 0.5) is 15.9 Å². The van der Waals surface area contributed by atoms with E-state index in [9.17, 15) is 4.39 Å². The Bertz CT molecular complexity index is 552. The molecule has 0 aliphatic heterocycles. The van der Waals surface area contributed by atoms with Gasteiger partial charge in [0.1, 0.15) is 6.61 Å². The summed E-state index contributed by atoms with van der Waals surface area (Å²) in [5.41, 5.74) is 7.23. The maximum Gasteiger partial charge on any atom is 0.318 e. The summed E-state index contributed by atoms with van der Waals surface area (Å²) in [7, 11) is 0. The molecule has 0 saturated heterocycles. The minimum absolute atomic E-state index is 0.0572. The summed E-state index contributed by atoms with van der Waals surface area (Å²) in [5.74, 6) is -0.874. The first-order valence-corrected chi connectivity index (χ1v) is 6.13. The van der Waals surface area contributed by atoms with Crippen molar-refractivity contribution < 1.29 is 9.13 Å². The van der Waals surface area contributed by atoms with Crippen LogP contribution in [-0.2, 0) is 6.61 Å². The number of benzene rings is 1. The van der Waals surface area contributed by atoms with Crippen LogP contribution in [0.2, 0.25) is 0 Å². The lowest BCUT2D eigenvalue weighted by molar-refractivity contribution is 0.280. The third-order valence-electron chi connectivity index (χ3n) is 2.15. The van der Waals surface area contributed by atoms with Crippen LogP contribution in [0.3, 0.4) is 0 Å². The van der Waals surface area contributed by atoms with E-state index >= 15 is 0 Å². The number of hydrogen-bond acceptors (Lipinski definition) is 5. The van der Waals surface area contributed by atoms with Crippen molar-refractivity contribution in [1.29, 1.82) is 0 Å². The van der Waals surface area contributed by atoms with Gasteiger partial charge in [-0.15, -0.1) is 0 Å². The smallest absolute Gasteiger partial charge is 0.318 e. The molecule has 2 rings (SSSR count). The fourth-order valence-corrected chi connectivity index (χ4v) is 1.64. The average molecular weight is 360 g/mol. The second kappa shape index (κ2) is 5.80. The highest BCUT2D eigenvalue weighted by Crippen LogP contribution is 2.15. The largest absolute Gasteiger partial charge is 0.459 e. The van der Waals surface area contributed by atoms with Gasteiger partial charge < -0.3 is 14.0 Å². The van der Waals surface area contributed by atoms with Crippen molar-refractivity contribution in [2.24, 2.45) is 0 Å². The van der Waals surface area contributed by atoms with Gasteiger partial charge in [-0.2, -0.15) is 4.98 Å². The van der Waals surface area contributed by atoms with Crippen LogP contribution >= 0.6 is 22.9 Å². The Hall–Kier alpha value is -1.64. The molecule has 0 unspecified atom stereocenters. The summed E-state index contributed by atoms with van der Waals surface area (Å²) in [6.07, 6.45) is 0.987. The molecule has 5 nitrogen and oxygen atoms in total. The molecule has 0 spiro atoms. The van der Waals surface area contributed by atoms with E-state index in [-0.39, 0.29) is 18.4 Å². The highest BCUT2D eigenvalue weighted by Gasteiger charge is 2.04. The molecule has 0 amide bonds. The van der Waals surface area contributed by atoms with E-state index in [1.165, 1.54) is 0 Å². The normalized spacial score (nSPS) is 10.1. The molecule has 1 heterocycles. The van der Waals surface area contributed by atoms with E-state index < -0.39 is 5.82 Å². The zero-order valence-electron chi connectivity index (χ0n) is 9.23. The van der Waals surface area contributed by atoms with Crippen LogP contribution in [0.1, 0.15) is 5.56 Å². The molecular formula is C11H10FIN4O. The fourth-order valence-electron chi connectivity index (χ4n) is 1.30. The second-order valence-electron chi connectivity index (χ2n) is 3.47. The third kappa shape index (κ3) is 3.19. The second-order valence-corrected chi connectivity index (χ2v) is 4.01. The van der Waals surface area contributed by atoms with Crippen LogP contribution < -0.4 is 14.0 Å². The van der Waals surface area contributed by atoms with Gasteiger partial charge in [-0.25, -0.2) is 9.37 Å². The lowest BCUT2D eigenvalue weighted by Gasteiger charge is -2.06. The van der Waals surface area contributed by atoms with Gasteiger partial charge in [-0.3, -0.25) is 0 Å². The van der Waals surface area contributed by atoms with Crippen LogP contribution in [0.25, 0.3) is 0 Å². The van der Waals surface area contributed by atoms with Crippen LogP contribution in [0.15, 0.2) is 30.5 Å². The number of nitrogen functional groups attached to an aromatic ring is 1. The molecule has 0 atom stereocenters. The molecule has 0 radical (unpaired) electrons. The number of ether oxygens (including phenoxy) is 1. The Morgan fingerprint density at radius 3 is 3.00 bits per heavy atom. The number of hydrogen-bond donors (Lipinski definition) is 2. The summed E-state index contributed by atoms with van der Waals surface area (Å²) >= 11 is 2.04. The first-order valence-electron chi connectivity index (χ1n) is 5.05. The van der Waals surface area contributed by atoms with Crippen molar-refractivity contribution in [3.05, 3.63) is 41.8 Å². The molecular weight excluding hydrogens is 350 g/mol. The van der Waals surface area contributed by atoms with Crippen molar-refractivity contribution in [3.63, 3.8) is 0 Å². The molecule has 7 heteroatoms. The zero-order valence-corrected chi connectivity index (χ0v) is 11.4. The average Bonchev–Trinajstić information content (AvgIpc) is 2.40. The van der Waals surface area contributed by atoms with Gasteiger partial charge >= 0.3 is 6.01 Å². The SMILES string of the molecule is Nc1nc(OCc2cccc(NI)c2)ncc1F. The zero-order chi connectivity index (χ0) is 13.0. The Kier molecular flexibility index (Phi) is 4.13. The lowest BCUT2D eigenvalue weighted by Crippen LogP contribution is -2.03. The maximum absolute atomic E-state index is 12.8. The van der Waals surface area contributed by atoms with E-state index in [1.807, 2.05) is 47.1 Å². The minimum Gasteiger partial charge on any atom is -0.459 e. The molecule has 3 N–H and O–H groups in total. The summed E-state index contributed by atoms with van der Waals surface area (Å²) in [6, 6.07) is 7.73. The standard InChI is InChI=1S/C11H10FIN4O/c12-9-5-15-11(16-10(9)14)18-6-7-2-1-3-8(4-7)17-13/h1-5,17H,6H2,(H2,14,15,16). The van der Waals surface area contributed by atoms with E-state index in [0.717, 1.165) is 17.4 Å². The Labute approximate surface area is 117 Å². The number of nitrogens with zero attached hydrogens (tertiary/aromatic N) is 2. The summed E-state index contributed by atoms with van der Waals surface area (Å²) in [5, 5.41) is 0. The molecule has 0 aliphatic carbocycles. The molecule has 0 aliphatic rings.